The zero-order chi connectivity index (χ0) is 10.8. The molecule has 0 fully saturated rings. The number of hydrogen-bond acceptors (Lipinski definition) is 2. The van der Waals surface area contributed by atoms with E-state index in [2.05, 4.69) is 17.4 Å². The summed E-state index contributed by atoms with van der Waals surface area (Å²) in [5.41, 5.74) is 0.732. The molecule has 0 radical (unpaired) electrons. The summed E-state index contributed by atoms with van der Waals surface area (Å²) in [6, 6.07) is 4.08. The molecular weight excluding hydrogens is 213 g/mol. The molecule has 78 valence electrons. The number of aryl methyl sites for hydroxylation is 1. The molecule has 0 N–H and O–H groups in total. The van der Waals surface area contributed by atoms with E-state index in [9.17, 15) is 13.2 Å². The minimum atomic E-state index is -4.64. The Morgan fingerprint density at radius 1 is 1.36 bits per heavy atom. The van der Waals surface area contributed by atoms with Crippen molar-refractivity contribution in [2.45, 2.75) is 24.6 Å². The molecule has 0 saturated heterocycles. The van der Waals surface area contributed by atoms with Crippen molar-refractivity contribution in [3.63, 3.8) is 0 Å². The van der Waals surface area contributed by atoms with Gasteiger partial charge in [-0.1, -0.05) is 6.92 Å². The van der Waals surface area contributed by atoms with Gasteiger partial charge in [-0.15, -0.1) is 25.8 Å². The smallest absolute Gasteiger partial charge is 0.406 e. The molecule has 0 bridgehead atoms. The summed E-state index contributed by atoms with van der Waals surface area (Å²) in [5.74, 6) is -0.202. The predicted molar refractivity (Wildman–Crippen MR) is 49.8 cm³/mol. The number of rotatable bonds is 2. The third-order valence-corrected chi connectivity index (χ3v) is 2.10. The van der Waals surface area contributed by atoms with Crippen LogP contribution in [0.25, 0.3) is 0 Å². The van der Waals surface area contributed by atoms with Crippen LogP contribution in [-0.2, 0) is 6.42 Å². The number of hydrogen-bond donors (Lipinski definition) is 1. The Balaban J connectivity index is 2.90. The topological polar surface area (TPSA) is 9.23 Å². The Hall–Kier alpha value is -0.840. The van der Waals surface area contributed by atoms with E-state index in [0.29, 0.717) is 11.3 Å². The fourth-order valence-electron chi connectivity index (χ4n) is 1.04. The molecule has 0 atom stereocenters. The van der Waals surface area contributed by atoms with E-state index in [1.807, 2.05) is 6.92 Å². The second-order valence-electron chi connectivity index (χ2n) is 2.69. The average molecular weight is 222 g/mol. The minimum absolute atomic E-state index is 0.202. The lowest BCUT2D eigenvalue weighted by molar-refractivity contribution is -0.274. The molecule has 0 aromatic heterocycles. The van der Waals surface area contributed by atoms with E-state index in [4.69, 9.17) is 0 Å². The quantitative estimate of drug-likeness (QED) is 0.754. The normalized spacial score (nSPS) is 11.5. The van der Waals surface area contributed by atoms with Crippen molar-refractivity contribution in [3.8, 4) is 5.75 Å². The molecule has 1 aromatic rings. The lowest BCUT2D eigenvalue weighted by atomic mass is 10.1. The summed E-state index contributed by atoms with van der Waals surface area (Å²) in [5, 5.41) is 0. The van der Waals surface area contributed by atoms with E-state index >= 15 is 0 Å². The zero-order valence-electron chi connectivity index (χ0n) is 7.43. The Morgan fingerprint density at radius 3 is 2.50 bits per heavy atom. The summed E-state index contributed by atoms with van der Waals surface area (Å²) in [6.45, 7) is 1.84. The van der Waals surface area contributed by atoms with Crippen molar-refractivity contribution >= 4 is 12.6 Å². The summed E-state index contributed by atoms with van der Waals surface area (Å²) in [6.07, 6.45) is -4.02. The van der Waals surface area contributed by atoms with Gasteiger partial charge >= 0.3 is 6.36 Å². The number of halogens is 3. The van der Waals surface area contributed by atoms with E-state index < -0.39 is 6.36 Å². The highest BCUT2D eigenvalue weighted by Gasteiger charge is 2.31. The molecule has 0 saturated carbocycles. The van der Waals surface area contributed by atoms with E-state index in [1.165, 1.54) is 18.2 Å². The van der Waals surface area contributed by atoms with Gasteiger partial charge in [-0.2, -0.15) is 0 Å². The number of alkyl halides is 3. The van der Waals surface area contributed by atoms with Gasteiger partial charge < -0.3 is 4.74 Å². The minimum Gasteiger partial charge on any atom is -0.406 e. The molecule has 14 heavy (non-hydrogen) atoms. The molecule has 1 nitrogen and oxygen atoms in total. The Bertz CT molecular complexity index is 322. The van der Waals surface area contributed by atoms with Crippen molar-refractivity contribution in [2.24, 2.45) is 0 Å². The van der Waals surface area contributed by atoms with E-state index in [-0.39, 0.29) is 5.75 Å². The predicted octanol–water partition coefficient (Wildman–Crippen LogP) is 3.44. The van der Waals surface area contributed by atoms with Crippen molar-refractivity contribution in [3.05, 3.63) is 23.8 Å². The van der Waals surface area contributed by atoms with Gasteiger partial charge in [0.15, 0.2) is 0 Å². The molecular formula is C9H9F3OS. The van der Waals surface area contributed by atoms with Gasteiger partial charge in [-0.25, -0.2) is 0 Å². The lowest BCUT2D eigenvalue weighted by Gasteiger charge is -2.10. The third kappa shape index (κ3) is 3.14. The van der Waals surface area contributed by atoms with Crippen molar-refractivity contribution < 1.29 is 17.9 Å². The lowest BCUT2D eigenvalue weighted by Crippen LogP contribution is -2.17. The summed E-state index contributed by atoms with van der Waals surface area (Å²) in [4.78, 5) is 0.669. The standard InChI is InChI=1S/C9H9F3OS/c1-2-6-5-7(3-4-8(6)14)13-9(10,11)12/h3-5,14H,2H2,1H3. The van der Waals surface area contributed by atoms with Crippen LogP contribution in [0.4, 0.5) is 13.2 Å². The van der Waals surface area contributed by atoms with Gasteiger partial charge in [0.2, 0.25) is 0 Å². The van der Waals surface area contributed by atoms with Crippen LogP contribution in [0.15, 0.2) is 23.1 Å². The zero-order valence-corrected chi connectivity index (χ0v) is 8.32. The molecule has 0 heterocycles. The summed E-state index contributed by atoms with van der Waals surface area (Å²) >= 11 is 4.10. The molecule has 5 heteroatoms. The molecule has 0 spiro atoms. The third-order valence-electron chi connectivity index (χ3n) is 1.67. The van der Waals surface area contributed by atoms with Crippen LogP contribution in [0, 0.1) is 0 Å². The highest BCUT2D eigenvalue weighted by Crippen LogP contribution is 2.26. The van der Waals surface area contributed by atoms with Crippen LogP contribution in [-0.4, -0.2) is 6.36 Å². The van der Waals surface area contributed by atoms with Gasteiger partial charge in [0, 0.05) is 4.90 Å². The average Bonchev–Trinajstić information content (AvgIpc) is 2.06. The second kappa shape index (κ2) is 4.13. The maximum absolute atomic E-state index is 11.8. The first-order valence-electron chi connectivity index (χ1n) is 4.00. The van der Waals surface area contributed by atoms with Crippen molar-refractivity contribution in [1.29, 1.82) is 0 Å². The monoisotopic (exact) mass is 222 g/mol. The van der Waals surface area contributed by atoms with E-state index in [1.54, 1.807) is 0 Å². The highest BCUT2D eigenvalue weighted by atomic mass is 32.1. The fourth-order valence-corrected chi connectivity index (χ4v) is 1.34. The number of ether oxygens (including phenoxy) is 1. The van der Waals surface area contributed by atoms with Crippen LogP contribution >= 0.6 is 12.6 Å². The molecule has 0 aliphatic carbocycles. The number of benzene rings is 1. The SMILES string of the molecule is CCc1cc(OC(F)(F)F)ccc1S. The van der Waals surface area contributed by atoms with Crippen LogP contribution in [0.3, 0.4) is 0 Å². The van der Waals surface area contributed by atoms with Gasteiger partial charge in [-0.3, -0.25) is 0 Å². The molecule has 0 aliphatic rings. The second-order valence-corrected chi connectivity index (χ2v) is 3.17. The molecule has 1 aromatic carbocycles. The highest BCUT2D eigenvalue weighted by molar-refractivity contribution is 7.80. The Kier molecular flexibility index (Phi) is 3.31. The fraction of sp³-hybridized carbons (Fsp3) is 0.333. The Labute approximate surface area is 85.3 Å². The van der Waals surface area contributed by atoms with Crippen molar-refractivity contribution in [2.75, 3.05) is 0 Å². The molecule has 1 rings (SSSR count). The van der Waals surface area contributed by atoms with Crippen LogP contribution in [0.5, 0.6) is 5.75 Å². The molecule has 0 amide bonds. The van der Waals surface area contributed by atoms with Crippen LogP contribution < -0.4 is 4.74 Å². The Morgan fingerprint density at radius 2 is 2.00 bits per heavy atom. The van der Waals surface area contributed by atoms with E-state index in [0.717, 1.165) is 5.56 Å². The first kappa shape index (κ1) is 11.2. The number of thiol groups is 1. The first-order chi connectivity index (χ1) is 6.42. The summed E-state index contributed by atoms with van der Waals surface area (Å²) in [7, 11) is 0. The van der Waals surface area contributed by atoms with Gasteiger partial charge in [0.1, 0.15) is 5.75 Å². The maximum Gasteiger partial charge on any atom is 0.573 e. The van der Waals surface area contributed by atoms with Crippen LogP contribution in [0.1, 0.15) is 12.5 Å². The van der Waals surface area contributed by atoms with Crippen molar-refractivity contribution in [1.82, 2.24) is 0 Å². The molecule has 0 unspecified atom stereocenters. The largest absolute Gasteiger partial charge is 0.573 e. The molecule has 0 aliphatic heterocycles. The maximum atomic E-state index is 11.8. The van der Waals surface area contributed by atoms with Gasteiger partial charge in [0.25, 0.3) is 0 Å². The van der Waals surface area contributed by atoms with Gasteiger partial charge in [-0.05, 0) is 30.2 Å². The van der Waals surface area contributed by atoms with Crippen LogP contribution in [0.2, 0.25) is 0 Å². The first-order valence-corrected chi connectivity index (χ1v) is 4.44. The van der Waals surface area contributed by atoms with Gasteiger partial charge in [0.05, 0.1) is 0 Å². The summed E-state index contributed by atoms with van der Waals surface area (Å²) < 4.78 is 39.3.